The van der Waals surface area contributed by atoms with Crippen LogP contribution in [0.5, 0.6) is 5.75 Å². The number of benzene rings is 2. The first-order valence-electron chi connectivity index (χ1n) is 9.16. The smallest absolute Gasteiger partial charge is 0.257 e. The molecule has 0 aliphatic carbocycles. The van der Waals surface area contributed by atoms with Gasteiger partial charge in [0.25, 0.3) is 5.91 Å². The molecule has 0 radical (unpaired) electrons. The first-order chi connectivity index (χ1) is 13.6. The molecule has 2 heterocycles. The van der Waals surface area contributed by atoms with Gasteiger partial charge in [0.15, 0.2) is 0 Å². The van der Waals surface area contributed by atoms with Crippen molar-refractivity contribution in [3.63, 3.8) is 0 Å². The Hall–Kier alpha value is -2.93. The summed E-state index contributed by atoms with van der Waals surface area (Å²) in [4.78, 5) is 18.8. The van der Waals surface area contributed by atoms with E-state index in [1.54, 1.807) is 24.3 Å². The summed E-state index contributed by atoms with van der Waals surface area (Å²) in [5.41, 5.74) is 2.30. The molecule has 4 rings (SSSR count). The molecule has 0 bridgehead atoms. The lowest BCUT2D eigenvalue weighted by molar-refractivity contribution is 0.00773. The van der Waals surface area contributed by atoms with Gasteiger partial charge in [-0.25, -0.2) is 9.37 Å². The summed E-state index contributed by atoms with van der Waals surface area (Å²) in [7, 11) is 3.42. The SMILES string of the molecule is COc1ccccc1C(=O)N1CC(F)C(OCc2nc3ccccc3n2C)C1. The molecule has 0 saturated carbocycles. The third-order valence-electron chi connectivity index (χ3n) is 5.13. The Bertz CT molecular complexity index is 1000. The van der Waals surface area contributed by atoms with Crippen molar-refractivity contribution in [1.29, 1.82) is 0 Å². The zero-order chi connectivity index (χ0) is 19.7. The van der Waals surface area contributed by atoms with Crippen LogP contribution in [0.3, 0.4) is 0 Å². The molecule has 1 aliphatic heterocycles. The van der Waals surface area contributed by atoms with E-state index in [-0.39, 0.29) is 25.6 Å². The number of likely N-dealkylation sites (tertiary alicyclic amines) is 1. The highest BCUT2D eigenvalue weighted by Crippen LogP contribution is 2.25. The second-order valence-corrected chi connectivity index (χ2v) is 6.85. The molecule has 1 saturated heterocycles. The maximum absolute atomic E-state index is 14.5. The van der Waals surface area contributed by atoms with Gasteiger partial charge < -0.3 is 18.9 Å². The van der Waals surface area contributed by atoms with E-state index in [1.165, 1.54) is 12.0 Å². The summed E-state index contributed by atoms with van der Waals surface area (Å²) in [6, 6.07) is 14.7. The van der Waals surface area contributed by atoms with Gasteiger partial charge in [0.2, 0.25) is 0 Å². The molecule has 3 aromatic rings. The summed E-state index contributed by atoms with van der Waals surface area (Å²) in [5, 5.41) is 0. The molecule has 1 amide bonds. The molecule has 0 spiro atoms. The minimum absolute atomic E-state index is 0.00406. The van der Waals surface area contributed by atoms with Crippen molar-refractivity contribution >= 4 is 16.9 Å². The zero-order valence-electron chi connectivity index (χ0n) is 15.8. The number of amides is 1. The number of fused-ring (bicyclic) bond motifs is 1. The number of alkyl halides is 1. The number of halogens is 1. The van der Waals surface area contributed by atoms with E-state index < -0.39 is 12.3 Å². The number of rotatable bonds is 5. The minimum Gasteiger partial charge on any atom is -0.496 e. The van der Waals surface area contributed by atoms with Crippen molar-refractivity contribution in [3.8, 4) is 5.75 Å². The van der Waals surface area contributed by atoms with Gasteiger partial charge in [0.1, 0.15) is 30.5 Å². The van der Waals surface area contributed by atoms with Gasteiger partial charge in [0, 0.05) is 7.05 Å². The van der Waals surface area contributed by atoms with E-state index in [4.69, 9.17) is 9.47 Å². The van der Waals surface area contributed by atoms with Gasteiger partial charge in [-0.05, 0) is 24.3 Å². The lowest BCUT2D eigenvalue weighted by Gasteiger charge is -2.17. The molecule has 1 aromatic heterocycles. The maximum Gasteiger partial charge on any atom is 0.257 e. The molecule has 146 valence electrons. The van der Waals surface area contributed by atoms with Gasteiger partial charge in [-0.2, -0.15) is 0 Å². The van der Waals surface area contributed by atoms with E-state index in [9.17, 15) is 9.18 Å². The van der Waals surface area contributed by atoms with Crippen molar-refractivity contribution in [1.82, 2.24) is 14.5 Å². The maximum atomic E-state index is 14.5. The van der Waals surface area contributed by atoms with Gasteiger partial charge >= 0.3 is 0 Å². The summed E-state index contributed by atoms with van der Waals surface area (Å²) in [5.74, 6) is 0.948. The molecular weight excluding hydrogens is 361 g/mol. The second-order valence-electron chi connectivity index (χ2n) is 6.85. The predicted molar refractivity (Wildman–Crippen MR) is 103 cm³/mol. The van der Waals surface area contributed by atoms with E-state index >= 15 is 0 Å². The number of hydrogen-bond donors (Lipinski definition) is 0. The Morgan fingerprint density at radius 2 is 1.93 bits per heavy atom. The Balaban J connectivity index is 1.44. The van der Waals surface area contributed by atoms with Gasteiger partial charge in [-0.1, -0.05) is 24.3 Å². The van der Waals surface area contributed by atoms with Crippen LogP contribution >= 0.6 is 0 Å². The zero-order valence-corrected chi connectivity index (χ0v) is 15.8. The van der Waals surface area contributed by atoms with Crippen LogP contribution < -0.4 is 4.74 Å². The van der Waals surface area contributed by atoms with Crippen LogP contribution in [0.1, 0.15) is 16.2 Å². The number of para-hydroxylation sites is 3. The molecule has 6 nitrogen and oxygen atoms in total. The third-order valence-corrected chi connectivity index (χ3v) is 5.13. The highest BCUT2D eigenvalue weighted by Gasteiger charge is 2.37. The number of aromatic nitrogens is 2. The molecule has 2 unspecified atom stereocenters. The van der Waals surface area contributed by atoms with E-state index in [2.05, 4.69) is 4.98 Å². The average molecular weight is 383 g/mol. The Kier molecular flexibility index (Phi) is 5.00. The van der Waals surface area contributed by atoms with Gasteiger partial charge in [-0.3, -0.25) is 4.79 Å². The summed E-state index contributed by atoms with van der Waals surface area (Å²) >= 11 is 0. The summed E-state index contributed by atoms with van der Waals surface area (Å²) in [6.07, 6.45) is -1.92. The number of imidazole rings is 1. The first-order valence-corrected chi connectivity index (χ1v) is 9.16. The summed E-state index contributed by atoms with van der Waals surface area (Å²) < 4.78 is 27.5. The minimum atomic E-state index is -1.24. The lowest BCUT2D eigenvalue weighted by Crippen LogP contribution is -2.30. The highest BCUT2D eigenvalue weighted by molar-refractivity contribution is 5.97. The van der Waals surface area contributed by atoms with Crippen LogP contribution in [0, 0.1) is 0 Å². The Labute approximate surface area is 162 Å². The molecule has 2 aromatic carbocycles. The lowest BCUT2D eigenvalue weighted by atomic mass is 10.2. The van der Waals surface area contributed by atoms with Gasteiger partial charge in [0.05, 0.1) is 36.8 Å². The monoisotopic (exact) mass is 383 g/mol. The number of carbonyl (C=O) groups is 1. The number of carbonyl (C=O) groups excluding carboxylic acids is 1. The Morgan fingerprint density at radius 3 is 2.71 bits per heavy atom. The number of hydrogen-bond acceptors (Lipinski definition) is 4. The number of nitrogens with zero attached hydrogens (tertiary/aromatic N) is 3. The van der Waals surface area contributed by atoms with Crippen molar-refractivity contribution in [2.75, 3.05) is 20.2 Å². The summed E-state index contributed by atoms with van der Waals surface area (Å²) in [6.45, 7) is 0.388. The van der Waals surface area contributed by atoms with Crippen LogP contribution in [0.25, 0.3) is 11.0 Å². The molecule has 28 heavy (non-hydrogen) atoms. The number of methoxy groups -OCH3 is 1. The van der Waals surface area contributed by atoms with Crippen molar-refractivity contribution in [3.05, 3.63) is 59.9 Å². The number of ether oxygens (including phenoxy) is 2. The fraction of sp³-hybridized carbons (Fsp3) is 0.333. The fourth-order valence-electron chi connectivity index (χ4n) is 3.55. The number of aryl methyl sites for hydroxylation is 1. The van der Waals surface area contributed by atoms with Gasteiger partial charge in [-0.15, -0.1) is 0 Å². The quantitative estimate of drug-likeness (QED) is 0.680. The van der Waals surface area contributed by atoms with Crippen LogP contribution in [0.4, 0.5) is 4.39 Å². The predicted octanol–water partition coefficient (Wildman–Crippen LogP) is 2.96. The average Bonchev–Trinajstić information content (AvgIpc) is 3.25. The van der Waals surface area contributed by atoms with E-state index in [0.717, 1.165) is 16.9 Å². The van der Waals surface area contributed by atoms with E-state index in [1.807, 2.05) is 35.9 Å². The second kappa shape index (κ2) is 7.59. The van der Waals surface area contributed by atoms with Crippen molar-refractivity contribution in [2.24, 2.45) is 7.05 Å². The molecule has 7 heteroatoms. The van der Waals surface area contributed by atoms with E-state index in [0.29, 0.717) is 11.3 Å². The third kappa shape index (κ3) is 3.33. The van der Waals surface area contributed by atoms with Crippen LogP contribution in [0.2, 0.25) is 0 Å². The molecule has 2 atom stereocenters. The fourth-order valence-corrected chi connectivity index (χ4v) is 3.55. The normalized spacial score (nSPS) is 19.3. The standard InChI is InChI=1S/C21H22FN3O3/c1-24-17-9-5-4-8-16(17)23-20(24)13-28-19-12-25(11-15(19)22)21(26)14-7-3-6-10-18(14)27-2/h3-10,15,19H,11-13H2,1-2H3. The molecule has 1 fully saturated rings. The molecule has 0 N–H and O–H groups in total. The largest absolute Gasteiger partial charge is 0.496 e. The van der Waals surface area contributed by atoms with Crippen molar-refractivity contribution < 1.29 is 18.7 Å². The molecular formula is C21H22FN3O3. The Morgan fingerprint density at radius 1 is 1.18 bits per heavy atom. The molecule has 1 aliphatic rings. The van der Waals surface area contributed by atoms with Crippen LogP contribution in [-0.4, -0.2) is 52.8 Å². The van der Waals surface area contributed by atoms with Crippen LogP contribution in [-0.2, 0) is 18.4 Å². The van der Waals surface area contributed by atoms with Crippen LogP contribution in [0.15, 0.2) is 48.5 Å². The highest BCUT2D eigenvalue weighted by atomic mass is 19.1. The topological polar surface area (TPSA) is 56.6 Å². The van der Waals surface area contributed by atoms with Crippen molar-refractivity contribution in [2.45, 2.75) is 18.9 Å². The first kappa shape index (κ1) is 18.4.